The van der Waals surface area contributed by atoms with Crippen LogP contribution in [0.15, 0.2) is 0 Å². The molecule has 2 heterocycles. The van der Waals surface area contributed by atoms with Crippen molar-refractivity contribution in [2.24, 2.45) is 0 Å². The zero-order valence-corrected chi connectivity index (χ0v) is 20.7. The van der Waals surface area contributed by atoms with Crippen LogP contribution < -0.4 is 5.32 Å². The van der Waals surface area contributed by atoms with Gasteiger partial charge >= 0.3 is 18.1 Å². The second-order valence-corrected chi connectivity index (χ2v) is 9.18. The van der Waals surface area contributed by atoms with Gasteiger partial charge in [0.15, 0.2) is 5.69 Å². The third kappa shape index (κ3) is 6.03. The minimum absolute atomic E-state index is 0.0233. The first kappa shape index (κ1) is 26.7. The third-order valence-corrected chi connectivity index (χ3v) is 6.76. The van der Waals surface area contributed by atoms with E-state index in [0.29, 0.717) is 36.9 Å². The van der Waals surface area contributed by atoms with Crippen molar-refractivity contribution < 1.29 is 37.0 Å². The van der Waals surface area contributed by atoms with E-state index in [-0.39, 0.29) is 40.6 Å². The zero-order chi connectivity index (χ0) is 25.8. The lowest BCUT2D eigenvalue weighted by molar-refractivity contribution is -0.142. The molecule has 35 heavy (non-hydrogen) atoms. The Morgan fingerprint density at radius 2 is 1.80 bits per heavy atom. The standard InChI is InChI=1S/C23H28F3N3O5S/c1-4-11-34-21(31)17-13(3)18(22(32)33-5-2)35-20(17)27-16(30)12-29-15-10-8-6-7-9-14(15)19(28-29)23(24,25)26/h4-12H2,1-3H3,(H,27,30). The number of nitrogens with one attached hydrogen (secondary N) is 1. The Kier molecular flexibility index (Phi) is 8.57. The van der Waals surface area contributed by atoms with Crippen LogP contribution in [0.25, 0.3) is 0 Å². The molecule has 8 nitrogen and oxygen atoms in total. The molecular formula is C23H28F3N3O5S. The largest absolute Gasteiger partial charge is 0.462 e. The molecule has 0 unspecified atom stereocenters. The quantitative estimate of drug-likeness (QED) is 0.396. The summed E-state index contributed by atoms with van der Waals surface area (Å²) in [5, 5.41) is 6.38. The van der Waals surface area contributed by atoms with E-state index in [1.54, 1.807) is 13.8 Å². The number of thiophene rings is 1. The number of rotatable bonds is 8. The third-order valence-electron chi connectivity index (χ3n) is 5.57. The van der Waals surface area contributed by atoms with E-state index in [9.17, 15) is 27.6 Å². The average molecular weight is 516 g/mol. The predicted molar refractivity (Wildman–Crippen MR) is 123 cm³/mol. The Labute approximate surface area is 204 Å². The van der Waals surface area contributed by atoms with Gasteiger partial charge in [-0.15, -0.1) is 11.3 Å². The van der Waals surface area contributed by atoms with Crippen LogP contribution in [0, 0.1) is 6.92 Å². The van der Waals surface area contributed by atoms with Gasteiger partial charge in [0, 0.05) is 11.3 Å². The first-order valence-corrected chi connectivity index (χ1v) is 12.3. The van der Waals surface area contributed by atoms with Crippen LogP contribution in [0.2, 0.25) is 0 Å². The van der Waals surface area contributed by atoms with Gasteiger partial charge in [-0.2, -0.15) is 18.3 Å². The number of hydrogen-bond acceptors (Lipinski definition) is 7. The van der Waals surface area contributed by atoms with Gasteiger partial charge in [0.25, 0.3) is 0 Å². The van der Waals surface area contributed by atoms with Gasteiger partial charge in [-0.3, -0.25) is 9.48 Å². The van der Waals surface area contributed by atoms with Crippen molar-refractivity contribution in [3.05, 3.63) is 33.0 Å². The summed E-state index contributed by atoms with van der Waals surface area (Å²) in [5.74, 6) is -2.03. The summed E-state index contributed by atoms with van der Waals surface area (Å²) < 4.78 is 52.0. The Morgan fingerprint density at radius 1 is 1.09 bits per heavy atom. The number of halogens is 3. The molecule has 0 atom stereocenters. The Hall–Kier alpha value is -2.89. The summed E-state index contributed by atoms with van der Waals surface area (Å²) in [6, 6.07) is 0. The van der Waals surface area contributed by atoms with Gasteiger partial charge in [0.05, 0.1) is 18.8 Å². The molecule has 0 saturated carbocycles. The second-order valence-electron chi connectivity index (χ2n) is 8.15. The van der Waals surface area contributed by atoms with Crippen LogP contribution in [0.4, 0.5) is 18.2 Å². The molecule has 0 saturated heterocycles. The maximum absolute atomic E-state index is 13.6. The monoisotopic (exact) mass is 515 g/mol. The lowest BCUT2D eigenvalue weighted by Gasteiger charge is -2.10. The van der Waals surface area contributed by atoms with E-state index < -0.39 is 36.3 Å². The molecular weight excluding hydrogens is 487 g/mol. The minimum atomic E-state index is -4.62. The van der Waals surface area contributed by atoms with E-state index in [1.165, 1.54) is 0 Å². The lowest BCUT2D eigenvalue weighted by atomic mass is 10.1. The number of esters is 2. The predicted octanol–water partition coefficient (Wildman–Crippen LogP) is 4.92. The van der Waals surface area contributed by atoms with Gasteiger partial charge in [0.2, 0.25) is 5.91 Å². The number of nitrogens with zero attached hydrogens (tertiary/aromatic N) is 2. The molecule has 0 aliphatic heterocycles. The molecule has 0 aromatic carbocycles. The van der Waals surface area contributed by atoms with Crippen molar-refractivity contribution in [1.82, 2.24) is 9.78 Å². The van der Waals surface area contributed by atoms with E-state index in [2.05, 4.69) is 10.4 Å². The van der Waals surface area contributed by atoms with Crippen LogP contribution in [0.3, 0.4) is 0 Å². The molecule has 1 aliphatic carbocycles. The summed E-state index contributed by atoms with van der Waals surface area (Å²) in [6.07, 6.45) is -1.26. The molecule has 2 aromatic heterocycles. The fourth-order valence-corrected chi connectivity index (χ4v) is 5.12. The first-order chi connectivity index (χ1) is 16.6. The summed E-state index contributed by atoms with van der Waals surface area (Å²) in [4.78, 5) is 38.0. The van der Waals surface area contributed by atoms with E-state index in [1.807, 2.05) is 6.92 Å². The second kappa shape index (κ2) is 11.2. The molecule has 1 N–H and O–H groups in total. The SMILES string of the molecule is CCCOC(=O)c1c(NC(=O)Cn2nc(C(F)(F)F)c3c2CCCCC3)sc(C(=O)OCC)c1C. The smallest absolute Gasteiger partial charge is 0.435 e. The molecule has 192 valence electrons. The molecule has 12 heteroatoms. The highest BCUT2D eigenvalue weighted by Crippen LogP contribution is 2.36. The number of hydrogen-bond donors (Lipinski definition) is 1. The lowest BCUT2D eigenvalue weighted by Crippen LogP contribution is -2.22. The summed E-state index contributed by atoms with van der Waals surface area (Å²) in [5.41, 5.74) is -0.0831. The van der Waals surface area contributed by atoms with Gasteiger partial charge < -0.3 is 14.8 Å². The van der Waals surface area contributed by atoms with Gasteiger partial charge in [-0.1, -0.05) is 13.3 Å². The van der Waals surface area contributed by atoms with Crippen LogP contribution in [-0.4, -0.2) is 40.8 Å². The highest BCUT2D eigenvalue weighted by Gasteiger charge is 2.39. The summed E-state index contributed by atoms with van der Waals surface area (Å²) >= 11 is 0.859. The van der Waals surface area contributed by atoms with E-state index in [0.717, 1.165) is 22.4 Å². The molecule has 0 bridgehead atoms. The number of carbonyl (C=O) groups is 3. The Balaban J connectivity index is 1.91. The molecule has 1 amide bonds. The van der Waals surface area contributed by atoms with Gasteiger partial charge in [0.1, 0.15) is 16.4 Å². The van der Waals surface area contributed by atoms with Crippen molar-refractivity contribution in [1.29, 1.82) is 0 Å². The van der Waals surface area contributed by atoms with Crippen molar-refractivity contribution in [2.75, 3.05) is 18.5 Å². The first-order valence-electron chi connectivity index (χ1n) is 11.5. The minimum Gasteiger partial charge on any atom is -0.462 e. The fourth-order valence-electron chi connectivity index (χ4n) is 4.01. The highest BCUT2D eigenvalue weighted by molar-refractivity contribution is 7.18. The van der Waals surface area contributed by atoms with Gasteiger partial charge in [-0.25, -0.2) is 9.59 Å². The number of ether oxygens (including phenoxy) is 2. The molecule has 0 spiro atoms. The molecule has 1 aliphatic rings. The van der Waals surface area contributed by atoms with Gasteiger partial charge in [-0.05, 0) is 51.5 Å². The molecule has 0 fully saturated rings. The molecule has 0 radical (unpaired) electrons. The number of carbonyl (C=O) groups excluding carboxylic acids is 3. The normalized spacial score (nSPS) is 13.7. The number of amides is 1. The Morgan fingerprint density at radius 3 is 2.46 bits per heavy atom. The topological polar surface area (TPSA) is 99.5 Å². The summed E-state index contributed by atoms with van der Waals surface area (Å²) in [7, 11) is 0. The van der Waals surface area contributed by atoms with Crippen molar-refractivity contribution in [3.8, 4) is 0 Å². The van der Waals surface area contributed by atoms with Crippen LogP contribution in [0.1, 0.15) is 82.1 Å². The average Bonchev–Trinajstić information content (AvgIpc) is 3.17. The fraction of sp³-hybridized carbons (Fsp3) is 0.565. The zero-order valence-electron chi connectivity index (χ0n) is 19.8. The molecule has 2 aromatic rings. The molecule has 3 rings (SSSR count). The number of fused-ring (bicyclic) bond motifs is 1. The maximum atomic E-state index is 13.6. The van der Waals surface area contributed by atoms with E-state index in [4.69, 9.17) is 9.47 Å². The highest BCUT2D eigenvalue weighted by atomic mass is 32.1. The van der Waals surface area contributed by atoms with Crippen LogP contribution in [0.5, 0.6) is 0 Å². The Bertz CT molecular complexity index is 1110. The number of anilines is 1. The van der Waals surface area contributed by atoms with Crippen LogP contribution in [-0.2, 0) is 39.8 Å². The number of aromatic nitrogens is 2. The van der Waals surface area contributed by atoms with E-state index >= 15 is 0 Å². The summed E-state index contributed by atoms with van der Waals surface area (Å²) in [6.45, 7) is 4.82. The van der Waals surface area contributed by atoms with Crippen molar-refractivity contribution in [2.45, 2.75) is 72.0 Å². The van der Waals surface area contributed by atoms with Crippen LogP contribution >= 0.6 is 11.3 Å². The number of alkyl halides is 3. The van der Waals surface area contributed by atoms with Crippen molar-refractivity contribution in [3.63, 3.8) is 0 Å². The van der Waals surface area contributed by atoms with Crippen molar-refractivity contribution >= 4 is 34.2 Å². The maximum Gasteiger partial charge on any atom is 0.435 e.